The number of hydrogen-bond donors (Lipinski definition) is 3. The summed E-state index contributed by atoms with van der Waals surface area (Å²) in [6.45, 7) is 0. The number of nitrogens with one attached hydrogen (secondary N) is 3. The maximum Gasteiger partial charge on any atom is 0.323 e. The lowest BCUT2D eigenvalue weighted by molar-refractivity contribution is 0.262. The van der Waals surface area contributed by atoms with Gasteiger partial charge in [-0.25, -0.2) is 9.18 Å². The van der Waals surface area contributed by atoms with Gasteiger partial charge in [-0.05, 0) is 24.3 Å². The molecule has 3 aromatic rings. The Morgan fingerprint density at radius 3 is 2.75 bits per heavy atom. The normalized spacial score (nSPS) is 10.4. The third-order valence-corrected chi connectivity index (χ3v) is 2.92. The standard InChI is InChI=1S/C15H12FN3O/c16-10-4-3-5-11(8-10)18-15(20)19-14-9-17-13-7-2-1-6-12(13)14/h1-9,17H,(H2,18,19,20). The van der Waals surface area contributed by atoms with Gasteiger partial charge in [-0.3, -0.25) is 0 Å². The van der Waals surface area contributed by atoms with Gasteiger partial charge in [-0.1, -0.05) is 24.3 Å². The molecule has 0 atom stereocenters. The molecular weight excluding hydrogens is 257 g/mol. The Morgan fingerprint density at radius 1 is 1.05 bits per heavy atom. The highest BCUT2D eigenvalue weighted by Gasteiger charge is 2.07. The second-order valence-electron chi connectivity index (χ2n) is 4.34. The first-order valence-electron chi connectivity index (χ1n) is 6.12. The number of amides is 2. The number of para-hydroxylation sites is 1. The monoisotopic (exact) mass is 269 g/mol. The molecule has 0 aliphatic heterocycles. The number of aromatic nitrogens is 1. The van der Waals surface area contributed by atoms with E-state index in [-0.39, 0.29) is 0 Å². The molecule has 3 rings (SSSR count). The van der Waals surface area contributed by atoms with E-state index in [4.69, 9.17) is 0 Å². The van der Waals surface area contributed by atoms with Gasteiger partial charge < -0.3 is 15.6 Å². The number of carbonyl (C=O) groups is 1. The van der Waals surface area contributed by atoms with Crippen LogP contribution in [0.3, 0.4) is 0 Å². The largest absolute Gasteiger partial charge is 0.359 e. The van der Waals surface area contributed by atoms with E-state index in [1.807, 2.05) is 24.3 Å². The number of H-pyrrole nitrogens is 1. The van der Waals surface area contributed by atoms with Gasteiger partial charge >= 0.3 is 6.03 Å². The maximum absolute atomic E-state index is 13.0. The molecule has 5 heteroatoms. The van der Waals surface area contributed by atoms with Crippen LogP contribution in [0.2, 0.25) is 0 Å². The van der Waals surface area contributed by atoms with E-state index < -0.39 is 11.8 Å². The first-order valence-corrected chi connectivity index (χ1v) is 6.12. The summed E-state index contributed by atoms with van der Waals surface area (Å²) in [6, 6.07) is 13.0. The van der Waals surface area contributed by atoms with Crippen LogP contribution >= 0.6 is 0 Å². The zero-order chi connectivity index (χ0) is 13.9. The molecule has 0 aliphatic carbocycles. The number of halogens is 1. The molecule has 0 spiro atoms. The van der Waals surface area contributed by atoms with Crippen molar-refractivity contribution in [3.8, 4) is 0 Å². The minimum absolute atomic E-state index is 0.394. The van der Waals surface area contributed by atoms with E-state index in [2.05, 4.69) is 15.6 Å². The summed E-state index contributed by atoms with van der Waals surface area (Å²) >= 11 is 0. The average Bonchev–Trinajstić information content (AvgIpc) is 2.82. The Labute approximate surface area is 114 Å². The van der Waals surface area contributed by atoms with Gasteiger partial charge in [0.25, 0.3) is 0 Å². The maximum atomic E-state index is 13.0. The molecule has 4 nitrogen and oxygen atoms in total. The zero-order valence-electron chi connectivity index (χ0n) is 10.5. The Balaban J connectivity index is 1.76. The van der Waals surface area contributed by atoms with Gasteiger partial charge in [-0.15, -0.1) is 0 Å². The third-order valence-electron chi connectivity index (χ3n) is 2.92. The minimum atomic E-state index is -0.416. The van der Waals surface area contributed by atoms with Crippen molar-refractivity contribution in [2.24, 2.45) is 0 Å². The summed E-state index contributed by atoms with van der Waals surface area (Å²) in [5, 5.41) is 6.23. The summed E-state index contributed by atoms with van der Waals surface area (Å²) < 4.78 is 13.0. The molecule has 1 aromatic heterocycles. The van der Waals surface area contributed by atoms with Crippen LogP contribution in [0.1, 0.15) is 0 Å². The molecule has 100 valence electrons. The Bertz CT molecular complexity index is 766. The van der Waals surface area contributed by atoms with E-state index in [9.17, 15) is 9.18 Å². The number of aromatic amines is 1. The van der Waals surface area contributed by atoms with Gasteiger partial charge in [0.1, 0.15) is 5.82 Å². The van der Waals surface area contributed by atoms with Crippen LogP contribution in [0, 0.1) is 5.82 Å². The van der Waals surface area contributed by atoms with Gasteiger partial charge in [0.15, 0.2) is 0 Å². The highest BCUT2D eigenvalue weighted by Crippen LogP contribution is 2.22. The van der Waals surface area contributed by atoms with Crippen molar-refractivity contribution in [1.82, 2.24) is 4.98 Å². The van der Waals surface area contributed by atoms with Crippen LogP contribution in [-0.2, 0) is 0 Å². The summed E-state index contributed by atoms with van der Waals surface area (Å²) in [4.78, 5) is 14.9. The van der Waals surface area contributed by atoms with Crippen LogP contribution < -0.4 is 10.6 Å². The number of carbonyl (C=O) groups excluding carboxylic acids is 1. The summed E-state index contributed by atoms with van der Waals surface area (Å²) in [6.07, 6.45) is 1.72. The van der Waals surface area contributed by atoms with E-state index in [1.165, 1.54) is 18.2 Å². The molecule has 2 amide bonds. The van der Waals surface area contributed by atoms with Crippen LogP contribution in [0.15, 0.2) is 54.7 Å². The first-order chi connectivity index (χ1) is 9.72. The summed E-state index contributed by atoms with van der Waals surface area (Å²) in [5.74, 6) is -0.394. The predicted octanol–water partition coefficient (Wildman–Crippen LogP) is 3.95. The second kappa shape index (κ2) is 5.05. The van der Waals surface area contributed by atoms with Gasteiger partial charge in [0.05, 0.1) is 5.69 Å². The van der Waals surface area contributed by atoms with Crippen molar-refractivity contribution >= 4 is 28.3 Å². The third kappa shape index (κ3) is 2.47. The molecule has 1 heterocycles. The van der Waals surface area contributed by atoms with E-state index >= 15 is 0 Å². The highest BCUT2D eigenvalue weighted by atomic mass is 19.1. The Morgan fingerprint density at radius 2 is 1.90 bits per heavy atom. The minimum Gasteiger partial charge on any atom is -0.359 e. The number of urea groups is 1. The fourth-order valence-corrected chi connectivity index (χ4v) is 2.03. The molecule has 0 saturated carbocycles. The molecule has 2 aromatic carbocycles. The molecule has 0 saturated heterocycles. The highest BCUT2D eigenvalue weighted by molar-refractivity contribution is 6.05. The molecule has 0 unspecified atom stereocenters. The summed E-state index contributed by atoms with van der Waals surface area (Å²) in [5.41, 5.74) is 2.02. The predicted molar refractivity (Wildman–Crippen MR) is 77.3 cm³/mol. The van der Waals surface area contributed by atoms with Crippen molar-refractivity contribution in [2.75, 3.05) is 10.6 Å². The van der Waals surface area contributed by atoms with E-state index in [0.29, 0.717) is 11.4 Å². The topological polar surface area (TPSA) is 56.9 Å². The Hall–Kier alpha value is -2.82. The smallest absolute Gasteiger partial charge is 0.323 e. The molecular formula is C15H12FN3O. The second-order valence-corrected chi connectivity index (χ2v) is 4.34. The van der Waals surface area contributed by atoms with Crippen LogP contribution in [0.25, 0.3) is 10.9 Å². The first kappa shape index (κ1) is 12.2. The lowest BCUT2D eigenvalue weighted by Gasteiger charge is -2.06. The van der Waals surface area contributed by atoms with Crippen molar-refractivity contribution in [1.29, 1.82) is 0 Å². The SMILES string of the molecule is O=C(Nc1cccc(F)c1)Nc1c[nH]c2ccccc12. The van der Waals surface area contributed by atoms with Crippen molar-refractivity contribution < 1.29 is 9.18 Å². The fourth-order valence-electron chi connectivity index (χ4n) is 2.03. The number of rotatable bonds is 2. The van der Waals surface area contributed by atoms with Gasteiger partial charge in [0.2, 0.25) is 0 Å². The van der Waals surface area contributed by atoms with Gasteiger partial charge in [-0.2, -0.15) is 0 Å². The molecule has 0 aliphatic rings. The fraction of sp³-hybridized carbons (Fsp3) is 0. The Kier molecular flexibility index (Phi) is 3.09. The summed E-state index contributed by atoms with van der Waals surface area (Å²) in [7, 11) is 0. The number of fused-ring (bicyclic) bond motifs is 1. The zero-order valence-corrected chi connectivity index (χ0v) is 10.5. The number of hydrogen-bond acceptors (Lipinski definition) is 1. The van der Waals surface area contributed by atoms with Crippen molar-refractivity contribution in [2.45, 2.75) is 0 Å². The molecule has 0 bridgehead atoms. The molecule has 0 fully saturated rings. The van der Waals surface area contributed by atoms with Crippen molar-refractivity contribution in [3.63, 3.8) is 0 Å². The average molecular weight is 269 g/mol. The quantitative estimate of drug-likeness (QED) is 0.648. The lowest BCUT2D eigenvalue weighted by atomic mass is 10.2. The lowest BCUT2D eigenvalue weighted by Crippen LogP contribution is -2.19. The number of anilines is 2. The van der Waals surface area contributed by atoms with E-state index in [1.54, 1.807) is 12.3 Å². The van der Waals surface area contributed by atoms with Crippen molar-refractivity contribution in [3.05, 3.63) is 60.5 Å². The molecule has 0 radical (unpaired) electrons. The molecule has 20 heavy (non-hydrogen) atoms. The van der Waals surface area contributed by atoms with Gasteiger partial charge in [0, 0.05) is 22.8 Å². The van der Waals surface area contributed by atoms with E-state index in [0.717, 1.165) is 10.9 Å². The molecule has 3 N–H and O–H groups in total. The van der Waals surface area contributed by atoms with Crippen LogP contribution in [0.5, 0.6) is 0 Å². The van der Waals surface area contributed by atoms with Crippen LogP contribution in [0.4, 0.5) is 20.6 Å². The number of benzene rings is 2. The van der Waals surface area contributed by atoms with Crippen LogP contribution in [-0.4, -0.2) is 11.0 Å².